The van der Waals surface area contributed by atoms with E-state index in [2.05, 4.69) is 25.6 Å². The first-order chi connectivity index (χ1) is 28.5. The highest BCUT2D eigenvalue weighted by Crippen LogP contribution is 2.37. The molecule has 0 saturated heterocycles. The second-order valence-corrected chi connectivity index (χ2v) is 15.3. The number of rotatable bonds is 14. The number of aliphatic carboxylic acids is 1. The zero-order valence-corrected chi connectivity index (χ0v) is 33.7. The maximum absolute atomic E-state index is 12.6. The fourth-order valence-corrected chi connectivity index (χ4v) is 6.06. The summed E-state index contributed by atoms with van der Waals surface area (Å²) in [7, 11) is -7.24. The van der Waals surface area contributed by atoms with Gasteiger partial charge in [-0.2, -0.15) is 41.3 Å². The molecule has 338 valence electrons. The second-order valence-electron chi connectivity index (χ2n) is 11.6. The number of urea groups is 1. The third-order valence-electron chi connectivity index (χ3n) is 6.78. The summed E-state index contributed by atoms with van der Waals surface area (Å²) in [5, 5.41) is 31.5. The lowest BCUT2D eigenvalue weighted by molar-refractivity contribution is -0.385. The van der Waals surface area contributed by atoms with E-state index in [4.69, 9.17) is 41.1 Å². The van der Waals surface area contributed by atoms with Crippen molar-refractivity contribution < 1.29 is 88.1 Å². The van der Waals surface area contributed by atoms with Crippen LogP contribution in [0.1, 0.15) is 33.7 Å². The zero-order chi connectivity index (χ0) is 47.2. The van der Waals surface area contributed by atoms with Gasteiger partial charge in [-0.05, 0) is 49.2 Å². The van der Waals surface area contributed by atoms with Crippen LogP contribution < -0.4 is 24.8 Å². The normalized spacial score (nSPS) is 11.5. The van der Waals surface area contributed by atoms with Crippen molar-refractivity contribution in [1.29, 1.82) is 0 Å². The SMILES string of the molecule is COc1nc(C)nc(NC(=O)NS(=O)(=O)c2ccccc2CCC(F)(F)F)n1.O=C(O)CNCP(=O)(O)O.O=C(O)c1cc(Oc2ccc(C(F)(F)F)cc2Cl)ccc1[N+](=O)[O-]. The number of carbonyl (C=O) groups is 3. The number of carboxylic acids is 2. The molecule has 3 aromatic carbocycles. The van der Waals surface area contributed by atoms with Gasteiger partial charge >= 0.3 is 43.9 Å². The maximum Gasteiger partial charge on any atom is 0.416 e. The number of hydrogen-bond donors (Lipinski definition) is 7. The molecule has 0 bridgehead atoms. The smallest absolute Gasteiger partial charge is 0.416 e. The fraction of sp³-hybridized carbons (Fsp3) is 0.250. The largest absolute Gasteiger partial charge is 0.480 e. The van der Waals surface area contributed by atoms with Crippen molar-refractivity contribution >= 4 is 58.8 Å². The van der Waals surface area contributed by atoms with E-state index in [-0.39, 0.29) is 39.9 Å². The Bertz CT molecular complexity index is 2430. The summed E-state index contributed by atoms with van der Waals surface area (Å²) in [4.78, 5) is 70.0. The molecule has 0 atom stereocenters. The molecule has 2 amide bonds. The number of ether oxygens (including phenoxy) is 2. The minimum absolute atomic E-state index is 0.0715. The number of hydrogen-bond acceptors (Lipinski definition) is 14. The van der Waals surface area contributed by atoms with Gasteiger partial charge in [0.1, 0.15) is 22.9 Å². The average Bonchev–Trinajstić information content (AvgIpc) is 3.13. The number of carbonyl (C=O) groups excluding carboxylic acids is 1. The molecule has 7 N–H and O–H groups in total. The van der Waals surface area contributed by atoms with Crippen molar-refractivity contribution in [3.8, 4) is 17.5 Å². The summed E-state index contributed by atoms with van der Waals surface area (Å²) in [6.07, 6.45) is -11.4. The lowest BCUT2D eigenvalue weighted by Crippen LogP contribution is -2.35. The topological polar surface area (TPSA) is 320 Å². The highest BCUT2D eigenvalue weighted by Gasteiger charge is 2.32. The molecule has 1 aromatic heterocycles. The van der Waals surface area contributed by atoms with Gasteiger partial charge in [0.2, 0.25) is 5.95 Å². The van der Waals surface area contributed by atoms with Crippen molar-refractivity contribution in [3.63, 3.8) is 0 Å². The summed E-state index contributed by atoms with van der Waals surface area (Å²) < 4.78 is 122. The van der Waals surface area contributed by atoms with Crippen LogP contribution in [-0.4, -0.2) is 92.4 Å². The van der Waals surface area contributed by atoms with E-state index in [1.165, 1.54) is 32.2 Å². The lowest BCUT2D eigenvalue weighted by atomic mass is 10.1. The van der Waals surface area contributed by atoms with E-state index < -0.39 is 100 Å². The monoisotopic (exact) mass is 949 g/mol. The molecule has 21 nitrogen and oxygen atoms in total. The first-order valence-electron chi connectivity index (χ1n) is 16.3. The molecule has 0 spiro atoms. The van der Waals surface area contributed by atoms with Crippen molar-refractivity contribution in [2.45, 2.75) is 37.0 Å². The summed E-state index contributed by atoms with van der Waals surface area (Å²) in [5.74, 6) is -3.03. The number of sulfonamides is 1. The van der Waals surface area contributed by atoms with Gasteiger partial charge in [-0.3, -0.25) is 30.1 Å². The van der Waals surface area contributed by atoms with Crippen LogP contribution in [0.4, 0.5) is 42.8 Å². The number of nitro groups is 1. The van der Waals surface area contributed by atoms with E-state index in [9.17, 15) is 63.8 Å². The number of alkyl halides is 6. The van der Waals surface area contributed by atoms with Gasteiger partial charge in [0.05, 0.1) is 40.3 Å². The van der Waals surface area contributed by atoms with E-state index in [0.717, 1.165) is 36.4 Å². The van der Waals surface area contributed by atoms with Gasteiger partial charge in [-0.15, -0.1) is 0 Å². The van der Waals surface area contributed by atoms with Crippen LogP contribution in [0.3, 0.4) is 0 Å². The average molecular weight is 950 g/mol. The number of aryl methyl sites for hydroxylation is 2. The van der Waals surface area contributed by atoms with Crippen LogP contribution in [0.25, 0.3) is 0 Å². The van der Waals surface area contributed by atoms with Crippen molar-refractivity contribution in [1.82, 2.24) is 25.0 Å². The number of methoxy groups -OCH3 is 1. The Kier molecular flexibility index (Phi) is 18.5. The number of amides is 2. The van der Waals surface area contributed by atoms with Crippen LogP contribution in [0.15, 0.2) is 65.6 Å². The van der Waals surface area contributed by atoms with Gasteiger partial charge in [0, 0.05) is 18.6 Å². The standard InChI is InChI=1S/C15H16F3N5O4S.C14H7ClF3NO5.C3H8NO5P/c1-9-19-12(22-14(20-9)27-2)21-13(24)23-28(25,26)11-6-4-3-5-10(11)7-8-15(16,17)18;15-10-5-7(14(16,17)18)1-4-12(10)24-8-2-3-11(19(22)23)9(6-8)13(20)21;5-3(6)1-4-2-10(7,8)9/h3-6H,7-8H2,1-2H3,(H2,19,20,21,22,23,24);1-6H,(H,20,21);4H,1-2H2,(H,5,6)(H2,7,8,9). The van der Waals surface area contributed by atoms with Gasteiger partial charge in [0.15, 0.2) is 0 Å². The molecule has 0 aliphatic heterocycles. The molecule has 0 aliphatic carbocycles. The van der Waals surface area contributed by atoms with Gasteiger partial charge < -0.3 is 29.5 Å². The first-order valence-corrected chi connectivity index (χ1v) is 20.0. The third kappa shape index (κ3) is 18.2. The number of aromatic nitrogens is 3. The Morgan fingerprint density at radius 2 is 1.61 bits per heavy atom. The molecular weight excluding hydrogens is 919 g/mol. The number of nitrogens with one attached hydrogen (secondary N) is 3. The molecule has 0 saturated carbocycles. The Labute approximate surface area is 349 Å². The number of anilines is 1. The number of halogens is 7. The van der Waals surface area contributed by atoms with E-state index in [1.807, 2.05) is 0 Å². The molecule has 4 rings (SSSR count). The van der Waals surface area contributed by atoms with Crippen LogP contribution in [0.5, 0.6) is 17.5 Å². The summed E-state index contributed by atoms with van der Waals surface area (Å²) in [6, 6.07) is 9.08. The molecule has 1 heterocycles. The van der Waals surface area contributed by atoms with Crippen molar-refractivity contribution in [2.24, 2.45) is 0 Å². The molecule has 0 unspecified atom stereocenters. The molecular formula is C32H31ClF6N7O14PS. The highest BCUT2D eigenvalue weighted by atomic mass is 35.5. The Morgan fingerprint density at radius 1 is 0.968 bits per heavy atom. The van der Waals surface area contributed by atoms with Crippen molar-refractivity contribution in [2.75, 3.05) is 25.3 Å². The van der Waals surface area contributed by atoms with E-state index in [1.54, 1.807) is 4.72 Å². The predicted octanol–water partition coefficient (Wildman–Crippen LogP) is 5.75. The predicted molar refractivity (Wildman–Crippen MR) is 200 cm³/mol. The molecule has 62 heavy (non-hydrogen) atoms. The number of nitrogens with zero attached hydrogens (tertiary/aromatic N) is 4. The first kappa shape index (κ1) is 51.9. The Hall–Kier alpha value is -6.19. The van der Waals surface area contributed by atoms with E-state index >= 15 is 0 Å². The van der Waals surface area contributed by atoms with Gasteiger partial charge in [-0.25, -0.2) is 22.7 Å². The van der Waals surface area contributed by atoms with Crippen LogP contribution in [0.2, 0.25) is 5.02 Å². The van der Waals surface area contributed by atoms with Gasteiger partial charge in [0.25, 0.3) is 15.7 Å². The lowest BCUT2D eigenvalue weighted by Gasteiger charge is -2.13. The minimum Gasteiger partial charge on any atom is -0.480 e. The summed E-state index contributed by atoms with van der Waals surface area (Å²) in [5.41, 5.74) is -2.32. The molecule has 4 aromatic rings. The van der Waals surface area contributed by atoms with Crippen LogP contribution in [0, 0.1) is 17.0 Å². The number of nitro benzene ring substituents is 1. The summed E-state index contributed by atoms with van der Waals surface area (Å²) in [6.45, 7) is 1.06. The number of aromatic carboxylic acids is 1. The molecule has 30 heteroatoms. The fourth-order valence-electron chi connectivity index (χ4n) is 4.26. The van der Waals surface area contributed by atoms with E-state index in [0.29, 0.717) is 6.07 Å². The second kappa shape index (κ2) is 22.1. The Balaban J connectivity index is 0.000000354. The number of carboxylic acid groups (broad SMARTS) is 2. The number of benzene rings is 3. The third-order valence-corrected chi connectivity index (χ3v) is 9.14. The maximum atomic E-state index is 12.6. The highest BCUT2D eigenvalue weighted by molar-refractivity contribution is 7.90. The molecule has 0 aliphatic rings. The van der Waals surface area contributed by atoms with Crippen molar-refractivity contribution in [3.05, 3.63) is 98.3 Å². The summed E-state index contributed by atoms with van der Waals surface area (Å²) >= 11 is 5.72. The van der Waals surface area contributed by atoms with Crippen LogP contribution >= 0.6 is 19.2 Å². The van der Waals surface area contributed by atoms with Crippen LogP contribution in [-0.2, 0) is 32.0 Å². The molecule has 0 radical (unpaired) electrons. The molecule has 0 fully saturated rings. The van der Waals surface area contributed by atoms with Gasteiger partial charge in [-0.1, -0.05) is 29.8 Å². The minimum atomic E-state index is -4.58. The Morgan fingerprint density at radius 3 is 2.15 bits per heavy atom. The zero-order valence-electron chi connectivity index (χ0n) is 31.3. The quantitative estimate of drug-likeness (QED) is 0.0342.